The monoisotopic (exact) mass is 372 g/mol. The fourth-order valence-electron chi connectivity index (χ4n) is 3.26. The lowest BCUT2D eigenvalue weighted by atomic mass is 9.84. The molecule has 140 valence electrons. The molecule has 4 nitrogen and oxygen atoms in total. The van der Waals surface area contributed by atoms with Gasteiger partial charge in [-0.2, -0.15) is 0 Å². The number of methoxy groups -OCH3 is 1. The molecule has 0 unspecified atom stereocenters. The number of hydrogen-bond donors (Lipinski definition) is 0. The third kappa shape index (κ3) is 3.99. The van der Waals surface area contributed by atoms with Crippen LogP contribution < -0.4 is 4.90 Å². The summed E-state index contributed by atoms with van der Waals surface area (Å²) in [4.78, 5) is 19.4. The van der Waals surface area contributed by atoms with Crippen LogP contribution in [-0.2, 0) is 27.8 Å². The Kier molecular flexibility index (Phi) is 5.49. The zero-order chi connectivity index (χ0) is 18.9. The molecule has 0 N–H and O–H groups in total. The first kappa shape index (κ1) is 19.1. The second-order valence-corrected chi connectivity index (χ2v) is 8.86. The van der Waals surface area contributed by atoms with Crippen LogP contribution in [0.4, 0.5) is 5.69 Å². The lowest BCUT2D eigenvalue weighted by Gasteiger charge is -2.31. The maximum atomic E-state index is 12.9. The highest BCUT2D eigenvalue weighted by molar-refractivity contribution is 7.09. The van der Waals surface area contributed by atoms with Crippen molar-refractivity contribution in [1.29, 1.82) is 0 Å². The van der Waals surface area contributed by atoms with E-state index >= 15 is 0 Å². The minimum atomic E-state index is -0.0321. The summed E-state index contributed by atoms with van der Waals surface area (Å²) in [6.07, 6.45) is 2.35. The van der Waals surface area contributed by atoms with Gasteiger partial charge in [-0.15, -0.1) is 11.3 Å². The fourth-order valence-corrected chi connectivity index (χ4v) is 4.12. The van der Waals surface area contributed by atoms with E-state index in [1.807, 2.05) is 17.2 Å². The van der Waals surface area contributed by atoms with Crippen molar-refractivity contribution in [3.63, 3.8) is 0 Å². The molecule has 0 radical (unpaired) electrons. The van der Waals surface area contributed by atoms with Crippen LogP contribution >= 0.6 is 11.3 Å². The summed E-state index contributed by atoms with van der Waals surface area (Å²) in [6, 6.07) is 6.55. The van der Waals surface area contributed by atoms with Crippen molar-refractivity contribution in [1.82, 2.24) is 4.98 Å². The number of amides is 1. The molecule has 1 aliphatic rings. The minimum absolute atomic E-state index is 0.0321. The molecular formula is C21H28N2O2S. The van der Waals surface area contributed by atoms with E-state index in [1.165, 1.54) is 11.1 Å². The number of carbonyl (C=O) groups is 1. The predicted molar refractivity (Wildman–Crippen MR) is 107 cm³/mol. The van der Waals surface area contributed by atoms with Gasteiger partial charge in [0, 0.05) is 24.7 Å². The largest absolute Gasteiger partial charge is 0.375 e. The van der Waals surface area contributed by atoms with Gasteiger partial charge >= 0.3 is 0 Å². The smallest absolute Gasteiger partial charge is 0.233 e. The molecule has 0 spiro atoms. The molecule has 1 aliphatic heterocycles. The number of aromatic nitrogens is 1. The van der Waals surface area contributed by atoms with Crippen molar-refractivity contribution in [3.8, 4) is 0 Å². The van der Waals surface area contributed by atoms with Crippen LogP contribution in [0, 0.1) is 0 Å². The van der Waals surface area contributed by atoms with E-state index in [2.05, 4.69) is 44.0 Å². The van der Waals surface area contributed by atoms with E-state index < -0.39 is 0 Å². The van der Waals surface area contributed by atoms with Gasteiger partial charge in [0.15, 0.2) is 0 Å². The van der Waals surface area contributed by atoms with Crippen molar-refractivity contribution in [2.24, 2.45) is 0 Å². The molecular weight excluding hydrogens is 344 g/mol. The summed E-state index contributed by atoms with van der Waals surface area (Å²) >= 11 is 1.55. The third-order valence-electron chi connectivity index (χ3n) is 4.97. The van der Waals surface area contributed by atoms with Gasteiger partial charge in [-0.25, -0.2) is 4.98 Å². The average molecular weight is 373 g/mol. The minimum Gasteiger partial charge on any atom is -0.375 e. The van der Waals surface area contributed by atoms with E-state index in [0.29, 0.717) is 6.42 Å². The zero-order valence-electron chi connectivity index (χ0n) is 16.3. The first-order valence-corrected chi connectivity index (χ1v) is 10.1. The maximum Gasteiger partial charge on any atom is 0.233 e. The van der Waals surface area contributed by atoms with Gasteiger partial charge in [0.05, 0.1) is 12.1 Å². The SMILES string of the molecule is CO[C@H](C)c1nc(CC(=O)N2CCCc3cc(C(C)(C)C)ccc32)cs1. The Morgan fingerprint density at radius 3 is 2.85 bits per heavy atom. The van der Waals surface area contributed by atoms with Crippen molar-refractivity contribution < 1.29 is 9.53 Å². The Hall–Kier alpha value is -1.72. The maximum absolute atomic E-state index is 12.9. The lowest BCUT2D eigenvalue weighted by molar-refractivity contribution is -0.118. The number of fused-ring (bicyclic) bond motifs is 1. The highest BCUT2D eigenvalue weighted by atomic mass is 32.1. The van der Waals surface area contributed by atoms with Crippen molar-refractivity contribution in [3.05, 3.63) is 45.4 Å². The van der Waals surface area contributed by atoms with Gasteiger partial charge < -0.3 is 9.64 Å². The Balaban J connectivity index is 1.78. The number of benzene rings is 1. The van der Waals surface area contributed by atoms with E-state index in [-0.39, 0.29) is 17.4 Å². The summed E-state index contributed by atoms with van der Waals surface area (Å²) in [7, 11) is 1.67. The Bertz CT molecular complexity index is 792. The molecule has 5 heteroatoms. The topological polar surface area (TPSA) is 42.4 Å². The van der Waals surface area contributed by atoms with E-state index in [1.54, 1.807) is 18.4 Å². The summed E-state index contributed by atoms with van der Waals surface area (Å²) in [5, 5.41) is 2.89. The number of rotatable bonds is 4. The average Bonchev–Trinajstić information content (AvgIpc) is 3.07. The number of aryl methyl sites for hydroxylation is 1. The molecule has 2 aromatic rings. The molecule has 3 rings (SSSR count). The van der Waals surface area contributed by atoms with E-state index in [4.69, 9.17) is 4.74 Å². The number of ether oxygens (including phenoxy) is 1. The highest BCUT2D eigenvalue weighted by Crippen LogP contribution is 2.32. The summed E-state index contributed by atoms with van der Waals surface area (Å²) < 4.78 is 5.31. The molecule has 2 heterocycles. The van der Waals surface area contributed by atoms with Crippen molar-refractivity contribution in [2.45, 2.75) is 58.5 Å². The van der Waals surface area contributed by atoms with Crippen LogP contribution in [0.25, 0.3) is 0 Å². The van der Waals surface area contributed by atoms with Crippen LogP contribution in [0.3, 0.4) is 0 Å². The predicted octanol–water partition coefficient (Wildman–Crippen LogP) is 4.67. The van der Waals surface area contributed by atoms with Crippen LogP contribution in [-0.4, -0.2) is 24.5 Å². The molecule has 1 aromatic carbocycles. The molecule has 0 fully saturated rings. The van der Waals surface area contributed by atoms with E-state index in [0.717, 1.165) is 35.8 Å². The molecule has 1 atom stereocenters. The number of carbonyl (C=O) groups excluding carboxylic acids is 1. The number of nitrogens with zero attached hydrogens (tertiary/aromatic N) is 2. The summed E-state index contributed by atoms with van der Waals surface area (Å²) in [6.45, 7) is 9.42. The third-order valence-corrected chi connectivity index (χ3v) is 6.02. The van der Waals surface area contributed by atoms with Gasteiger partial charge in [0.2, 0.25) is 5.91 Å². The molecule has 0 aliphatic carbocycles. The second kappa shape index (κ2) is 7.49. The quantitative estimate of drug-likeness (QED) is 0.783. The number of thiazole rings is 1. The first-order valence-electron chi connectivity index (χ1n) is 9.20. The van der Waals surface area contributed by atoms with Gasteiger partial charge in [0.25, 0.3) is 0 Å². The Morgan fingerprint density at radius 1 is 1.38 bits per heavy atom. The van der Waals surface area contributed by atoms with Gasteiger partial charge in [-0.05, 0) is 42.4 Å². The number of hydrogen-bond acceptors (Lipinski definition) is 4. The Labute approximate surface area is 160 Å². The highest BCUT2D eigenvalue weighted by Gasteiger charge is 2.25. The summed E-state index contributed by atoms with van der Waals surface area (Å²) in [5.41, 5.74) is 4.62. The molecule has 26 heavy (non-hydrogen) atoms. The molecule has 0 bridgehead atoms. The van der Waals surface area contributed by atoms with Gasteiger partial charge in [-0.3, -0.25) is 4.79 Å². The normalized spacial score (nSPS) is 15.7. The summed E-state index contributed by atoms with van der Waals surface area (Å²) in [5.74, 6) is 0.122. The molecule has 1 aromatic heterocycles. The number of anilines is 1. The van der Waals surface area contributed by atoms with Crippen LogP contribution in [0.15, 0.2) is 23.6 Å². The lowest BCUT2D eigenvalue weighted by Crippen LogP contribution is -2.36. The van der Waals surface area contributed by atoms with Crippen LogP contribution in [0.1, 0.15) is 62.0 Å². The van der Waals surface area contributed by atoms with Gasteiger partial charge in [-0.1, -0.05) is 32.9 Å². The first-order chi connectivity index (χ1) is 12.3. The fraction of sp³-hybridized carbons (Fsp3) is 0.524. The van der Waals surface area contributed by atoms with Crippen molar-refractivity contribution in [2.75, 3.05) is 18.6 Å². The van der Waals surface area contributed by atoms with Gasteiger partial charge in [0.1, 0.15) is 11.1 Å². The van der Waals surface area contributed by atoms with Crippen LogP contribution in [0.5, 0.6) is 0 Å². The van der Waals surface area contributed by atoms with Crippen LogP contribution in [0.2, 0.25) is 0 Å². The van der Waals surface area contributed by atoms with Crippen molar-refractivity contribution >= 4 is 22.9 Å². The molecule has 0 saturated carbocycles. The standard InChI is InChI=1S/C21H28N2O2S/c1-14(25-5)20-22-17(13-26-20)12-19(24)23-10-6-7-15-11-16(21(2,3)4)8-9-18(15)23/h8-9,11,13-14H,6-7,10,12H2,1-5H3/t14-/m1/s1. The van der Waals surface area contributed by atoms with E-state index in [9.17, 15) is 4.79 Å². The zero-order valence-corrected chi connectivity index (χ0v) is 17.2. The second-order valence-electron chi connectivity index (χ2n) is 7.97. The Morgan fingerprint density at radius 2 is 2.15 bits per heavy atom. The molecule has 0 saturated heterocycles. The molecule has 1 amide bonds.